The summed E-state index contributed by atoms with van der Waals surface area (Å²) in [7, 11) is 1.87. The second-order valence-electron chi connectivity index (χ2n) is 6.54. The lowest BCUT2D eigenvalue weighted by molar-refractivity contribution is -0.113. The van der Waals surface area contributed by atoms with Crippen molar-refractivity contribution in [3.63, 3.8) is 0 Å². The molecule has 0 aliphatic carbocycles. The highest BCUT2D eigenvalue weighted by Crippen LogP contribution is 2.26. The van der Waals surface area contributed by atoms with Crippen molar-refractivity contribution in [3.8, 4) is 5.75 Å². The van der Waals surface area contributed by atoms with Gasteiger partial charge in [-0.1, -0.05) is 60.3 Å². The third kappa shape index (κ3) is 4.66. The maximum Gasteiger partial charge on any atom is 0.234 e. The molecule has 4 aromatic rings. The van der Waals surface area contributed by atoms with Crippen molar-refractivity contribution in [2.45, 2.75) is 11.8 Å². The van der Waals surface area contributed by atoms with E-state index in [0.29, 0.717) is 17.6 Å². The van der Waals surface area contributed by atoms with E-state index in [4.69, 9.17) is 4.74 Å². The molecule has 0 aliphatic rings. The topological polar surface area (TPSA) is 69.0 Å². The highest BCUT2D eigenvalue weighted by molar-refractivity contribution is 9.10. The number of nitrogens with zero attached hydrogens (tertiary/aromatic N) is 3. The highest BCUT2D eigenvalue weighted by Gasteiger charge is 2.13. The van der Waals surface area contributed by atoms with E-state index in [1.807, 2.05) is 66.2 Å². The number of halogens is 1. The van der Waals surface area contributed by atoms with Crippen molar-refractivity contribution >= 4 is 50.1 Å². The predicted octanol–water partition coefficient (Wildman–Crippen LogP) is 5.04. The molecule has 0 saturated carbocycles. The molecule has 1 heterocycles. The second-order valence-corrected chi connectivity index (χ2v) is 8.34. The summed E-state index contributed by atoms with van der Waals surface area (Å²) in [4.78, 5) is 12.3. The average molecular weight is 483 g/mol. The maximum atomic E-state index is 12.3. The van der Waals surface area contributed by atoms with Gasteiger partial charge in [0.2, 0.25) is 5.91 Å². The molecule has 1 aromatic heterocycles. The average Bonchev–Trinajstić information content (AvgIpc) is 3.12. The number of carbonyl (C=O) groups is 1. The molecule has 4 rings (SSSR count). The number of anilines is 1. The molecule has 0 bridgehead atoms. The van der Waals surface area contributed by atoms with Gasteiger partial charge in [0.25, 0.3) is 0 Å². The van der Waals surface area contributed by atoms with E-state index in [9.17, 15) is 4.79 Å². The molecular formula is C22H19BrN4O2S. The van der Waals surface area contributed by atoms with Crippen molar-refractivity contribution in [1.29, 1.82) is 0 Å². The first kappa shape index (κ1) is 20.4. The van der Waals surface area contributed by atoms with Gasteiger partial charge in [-0.05, 0) is 39.5 Å². The minimum atomic E-state index is -0.108. The number of thioether (sulfide) groups is 1. The first-order valence-corrected chi connectivity index (χ1v) is 11.1. The van der Waals surface area contributed by atoms with Gasteiger partial charge in [0, 0.05) is 16.9 Å². The highest BCUT2D eigenvalue weighted by atomic mass is 79.9. The van der Waals surface area contributed by atoms with Crippen molar-refractivity contribution < 1.29 is 9.53 Å². The lowest BCUT2D eigenvalue weighted by atomic mass is 10.1. The van der Waals surface area contributed by atoms with Crippen LogP contribution in [0.15, 0.2) is 76.4 Å². The molecule has 8 heteroatoms. The van der Waals surface area contributed by atoms with Gasteiger partial charge in [-0.2, -0.15) is 0 Å². The van der Waals surface area contributed by atoms with Crippen LogP contribution in [0.25, 0.3) is 10.8 Å². The van der Waals surface area contributed by atoms with Gasteiger partial charge in [0.1, 0.15) is 12.4 Å². The molecule has 6 nitrogen and oxygen atoms in total. The number of hydrogen-bond donors (Lipinski definition) is 1. The van der Waals surface area contributed by atoms with Gasteiger partial charge in [-0.25, -0.2) is 0 Å². The van der Waals surface area contributed by atoms with Crippen LogP contribution in [-0.4, -0.2) is 26.4 Å². The summed E-state index contributed by atoms with van der Waals surface area (Å²) in [5.74, 6) is 1.62. The Balaban J connectivity index is 1.37. The molecule has 0 fully saturated rings. The fraction of sp³-hybridized carbons (Fsp3) is 0.136. The Bertz CT molecular complexity index is 1190. The molecule has 0 aliphatic heterocycles. The van der Waals surface area contributed by atoms with Crippen LogP contribution in [-0.2, 0) is 18.4 Å². The minimum Gasteiger partial charge on any atom is -0.485 e. The summed E-state index contributed by atoms with van der Waals surface area (Å²) in [5, 5.41) is 14.1. The summed E-state index contributed by atoms with van der Waals surface area (Å²) < 4.78 is 8.69. The van der Waals surface area contributed by atoms with Crippen LogP contribution in [0.1, 0.15) is 5.82 Å². The van der Waals surface area contributed by atoms with Crippen LogP contribution in [0.3, 0.4) is 0 Å². The van der Waals surface area contributed by atoms with Gasteiger partial charge < -0.3 is 14.6 Å². The number of aromatic nitrogens is 3. The molecule has 0 atom stereocenters. The first-order valence-electron chi connectivity index (χ1n) is 9.28. The number of benzene rings is 3. The summed E-state index contributed by atoms with van der Waals surface area (Å²) >= 11 is 4.76. The minimum absolute atomic E-state index is 0.108. The van der Waals surface area contributed by atoms with E-state index in [0.717, 1.165) is 26.7 Å². The molecule has 1 amide bonds. The van der Waals surface area contributed by atoms with Gasteiger partial charge in [-0.3, -0.25) is 4.79 Å². The van der Waals surface area contributed by atoms with Crippen LogP contribution >= 0.6 is 27.7 Å². The SMILES string of the molecule is Cn1c(COc2cccc3ccccc23)nnc1SCC(=O)Nc1ccccc1Br. The number of ether oxygens (including phenoxy) is 1. The zero-order valence-corrected chi connectivity index (χ0v) is 18.6. The van der Waals surface area contributed by atoms with Crippen LogP contribution in [0.4, 0.5) is 5.69 Å². The van der Waals surface area contributed by atoms with Crippen LogP contribution in [0.2, 0.25) is 0 Å². The first-order chi connectivity index (χ1) is 14.6. The standard InChI is InChI=1S/C22H19BrN4O2S/c1-27-20(13-29-19-12-6-8-15-7-2-3-9-16(15)19)25-26-22(27)30-14-21(28)24-18-11-5-4-10-17(18)23/h2-12H,13-14H2,1H3,(H,24,28). The Morgan fingerprint density at radius 3 is 2.70 bits per heavy atom. The third-order valence-corrected chi connectivity index (χ3v) is 6.22. The number of para-hydroxylation sites is 1. The molecule has 0 radical (unpaired) electrons. The Hall–Kier alpha value is -2.84. The van der Waals surface area contributed by atoms with E-state index in [1.54, 1.807) is 0 Å². The lowest BCUT2D eigenvalue weighted by Gasteiger charge is -2.09. The zero-order valence-electron chi connectivity index (χ0n) is 16.2. The van der Waals surface area contributed by atoms with E-state index in [1.165, 1.54) is 11.8 Å². The van der Waals surface area contributed by atoms with Crippen LogP contribution in [0, 0.1) is 0 Å². The monoisotopic (exact) mass is 482 g/mol. The Kier molecular flexibility index (Phi) is 6.35. The number of fused-ring (bicyclic) bond motifs is 1. The van der Waals surface area contributed by atoms with E-state index < -0.39 is 0 Å². The van der Waals surface area contributed by atoms with Crippen molar-refractivity contribution in [2.75, 3.05) is 11.1 Å². The van der Waals surface area contributed by atoms with Crippen molar-refractivity contribution in [3.05, 3.63) is 77.0 Å². The quantitative estimate of drug-likeness (QED) is 0.373. The second kappa shape index (κ2) is 9.32. The predicted molar refractivity (Wildman–Crippen MR) is 123 cm³/mol. The number of carbonyl (C=O) groups excluding carboxylic acids is 1. The molecule has 30 heavy (non-hydrogen) atoms. The molecule has 0 spiro atoms. The molecule has 152 valence electrons. The zero-order chi connectivity index (χ0) is 20.9. The Morgan fingerprint density at radius 1 is 1.07 bits per heavy atom. The molecule has 1 N–H and O–H groups in total. The van der Waals surface area contributed by atoms with Gasteiger partial charge in [-0.15, -0.1) is 10.2 Å². The van der Waals surface area contributed by atoms with Crippen molar-refractivity contribution in [1.82, 2.24) is 14.8 Å². The summed E-state index contributed by atoms with van der Waals surface area (Å²) in [6.45, 7) is 0.293. The maximum absolute atomic E-state index is 12.3. The molecule has 0 saturated heterocycles. The van der Waals surface area contributed by atoms with E-state index >= 15 is 0 Å². The van der Waals surface area contributed by atoms with Gasteiger partial charge in [0.05, 0.1) is 11.4 Å². The van der Waals surface area contributed by atoms with Crippen molar-refractivity contribution in [2.24, 2.45) is 7.05 Å². The largest absolute Gasteiger partial charge is 0.485 e. The molecule has 3 aromatic carbocycles. The fourth-order valence-corrected chi connectivity index (χ4v) is 4.05. The number of amides is 1. The Labute approximate surface area is 186 Å². The lowest BCUT2D eigenvalue weighted by Crippen LogP contribution is -2.15. The normalized spacial score (nSPS) is 10.9. The number of nitrogens with one attached hydrogen (secondary N) is 1. The third-order valence-electron chi connectivity index (χ3n) is 4.51. The van der Waals surface area contributed by atoms with E-state index in [-0.39, 0.29) is 11.7 Å². The summed E-state index contributed by atoms with van der Waals surface area (Å²) in [6.07, 6.45) is 0. The number of rotatable bonds is 7. The smallest absolute Gasteiger partial charge is 0.234 e. The Morgan fingerprint density at radius 2 is 1.83 bits per heavy atom. The molecular weight excluding hydrogens is 464 g/mol. The van der Waals surface area contributed by atoms with Gasteiger partial charge >= 0.3 is 0 Å². The van der Waals surface area contributed by atoms with Gasteiger partial charge in [0.15, 0.2) is 11.0 Å². The van der Waals surface area contributed by atoms with Crippen LogP contribution < -0.4 is 10.1 Å². The number of hydrogen-bond acceptors (Lipinski definition) is 5. The summed E-state index contributed by atoms with van der Waals surface area (Å²) in [6, 6.07) is 21.6. The molecule has 0 unspecified atom stereocenters. The fourth-order valence-electron chi connectivity index (χ4n) is 2.94. The summed E-state index contributed by atoms with van der Waals surface area (Å²) in [5.41, 5.74) is 0.741. The van der Waals surface area contributed by atoms with E-state index in [2.05, 4.69) is 43.6 Å². The van der Waals surface area contributed by atoms with Crippen LogP contribution in [0.5, 0.6) is 5.75 Å².